The van der Waals surface area contributed by atoms with Gasteiger partial charge in [-0.05, 0) is 44.1 Å². The van der Waals surface area contributed by atoms with Crippen LogP contribution in [-0.2, 0) is 24.3 Å². The summed E-state index contributed by atoms with van der Waals surface area (Å²) in [5.41, 5.74) is 5.87. The number of aromatic nitrogens is 3. The van der Waals surface area contributed by atoms with Crippen LogP contribution in [0, 0.1) is 11.8 Å². The molecule has 1 aliphatic heterocycles. The molecule has 2 atom stereocenters. The van der Waals surface area contributed by atoms with Crippen LogP contribution < -0.4 is 5.73 Å². The van der Waals surface area contributed by atoms with E-state index in [1.54, 1.807) is 0 Å². The highest BCUT2D eigenvalue weighted by atomic mass is 16.5. The summed E-state index contributed by atoms with van der Waals surface area (Å²) < 4.78 is 8.18. The first-order valence-electron chi connectivity index (χ1n) is 8.07. The van der Waals surface area contributed by atoms with Gasteiger partial charge in [0.2, 0.25) is 0 Å². The molecular weight excluding hydrogens is 252 g/mol. The molecule has 1 aromatic rings. The molecule has 5 heteroatoms. The van der Waals surface area contributed by atoms with Crippen molar-refractivity contribution in [3.63, 3.8) is 0 Å². The standard InChI is InChI=1S/C15H26N4O/c16-9-12-5-1-2-6-13(12)10-20-11-15-18-17-14-7-3-4-8-19(14)15/h12-13H,1-11,16H2. The Morgan fingerprint density at radius 3 is 2.80 bits per heavy atom. The summed E-state index contributed by atoms with van der Waals surface area (Å²) in [6.45, 7) is 3.27. The van der Waals surface area contributed by atoms with Crippen LogP contribution in [0.4, 0.5) is 0 Å². The zero-order valence-electron chi connectivity index (χ0n) is 12.3. The summed E-state index contributed by atoms with van der Waals surface area (Å²) in [6, 6.07) is 0. The smallest absolute Gasteiger partial charge is 0.159 e. The van der Waals surface area contributed by atoms with Gasteiger partial charge in [-0.25, -0.2) is 0 Å². The number of hydrogen-bond acceptors (Lipinski definition) is 4. The largest absolute Gasteiger partial charge is 0.373 e. The van der Waals surface area contributed by atoms with Crippen molar-refractivity contribution >= 4 is 0 Å². The lowest BCUT2D eigenvalue weighted by Gasteiger charge is -2.30. The van der Waals surface area contributed by atoms with Gasteiger partial charge in [0.05, 0.1) is 6.61 Å². The van der Waals surface area contributed by atoms with E-state index in [0.29, 0.717) is 18.4 Å². The average molecular weight is 278 g/mol. The summed E-state index contributed by atoms with van der Waals surface area (Å²) in [6.07, 6.45) is 8.71. The second-order valence-corrected chi connectivity index (χ2v) is 6.20. The van der Waals surface area contributed by atoms with Crippen molar-refractivity contribution in [3.8, 4) is 0 Å². The Morgan fingerprint density at radius 1 is 1.10 bits per heavy atom. The average Bonchev–Trinajstić information content (AvgIpc) is 2.91. The third-order valence-corrected chi connectivity index (χ3v) is 4.87. The number of ether oxygens (including phenoxy) is 1. The van der Waals surface area contributed by atoms with Crippen LogP contribution >= 0.6 is 0 Å². The van der Waals surface area contributed by atoms with Crippen LogP contribution in [0.5, 0.6) is 0 Å². The molecule has 2 unspecified atom stereocenters. The Kier molecular flexibility index (Phi) is 4.68. The Labute approximate surface area is 120 Å². The van der Waals surface area contributed by atoms with Crippen molar-refractivity contribution in [3.05, 3.63) is 11.6 Å². The molecule has 0 amide bonds. The van der Waals surface area contributed by atoms with E-state index in [1.165, 1.54) is 38.5 Å². The summed E-state index contributed by atoms with van der Waals surface area (Å²) >= 11 is 0. The molecular formula is C15H26N4O. The molecule has 1 saturated carbocycles. The van der Waals surface area contributed by atoms with Gasteiger partial charge in [-0.15, -0.1) is 10.2 Å². The number of hydrogen-bond donors (Lipinski definition) is 1. The van der Waals surface area contributed by atoms with Crippen molar-refractivity contribution < 1.29 is 4.74 Å². The van der Waals surface area contributed by atoms with Crippen LogP contribution in [0.1, 0.15) is 50.2 Å². The fourth-order valence-electron chi connectivity index (χ4n) is 3.59. The number of rotatable bonds is 5. The van der Waals surface area contributed by atoms with E-state index in [-0.39, 0.29) is 0 Å². The number of nitrogens with zero attached hydrogens (tertiary/aromatic N) is 3. The highest BCUT2D eigenvalue weighted by molar-refractivity contribution is 4.97. The van der Waals surface area contributed by atoms with E-state index in [2.05, 4.69) is 14.8 Å². The van der Waals surface area contributed by atoms with Crippen molar-refractivity contribution in [2.45, 2.75) is 58.1 Å². The zero-order chi connectivity index (χ0) is 13.8. The fourth-order valence-corrected chi connectivity index (χ4v) is 3.59. The molecule has 1 aromatic heterocycles. The van der Waals surface area contributed by atoms with Gasteiger partial charge in [-0.2, -0.15) is 0 Å². The quantitative estimate of drug-likeness (QED) is 0.893. The van der Waals surface area contributed by atoms with Crippen molar-refractivity contribution in [1.82, 2.24) is 14.8 Å². The topological polar surface area (TPSA) is 66.0 Å². The maximum absolute atomic E-state index is 5.94. The lowest BCUT2D eigenvalue weighted by molar-refractivity contribution is 0.0463. The third kappa shape index (κ3) is 3.04. The highest BCUT2D eigenvalue weighted by Crippen LogP contribution is 2.29. The monoisotopic (exact) mass is 278 g/mol. The van der Waals surface area contributed by atoms with E-state index >= 15 is 0 Å². The summed E-state index contributed by atoms with van der Waals surface area (Å²) in [4.78, 5) is 0. The predicted molar refractivity (Wildman–Crippen MR) is 77.1 cm³/mol. The lowest BCUT2D eigenvalue weighted by Crippen LogP contribution is -2.30. The SMILES string of the molecule is NCC1CCCCC1COCc1nnc2n1CCCC2. The molecule has 0 bridgehead atoms. The van der Waals surface area contributed by atoms with Gasteiger partial charge in [0.25, 0.3) is 0 Å². The summed E-state index contributed by atoms with van der Waals surface area (Å²) in [5, 5.41) is 8.55. The van der Waals surface area contributed by atoms with Crippen LogP contribution in [0.2, 0.25) is 0 Å². The Bertz CT molecular complexity index is 432. The molecule has 1 fully saturated rings. The van der Waals surface area contributed by atoms with Gasteiger partial charge in [0.1, 0.15) is 12.4 Å². The van der Waals surface area contributed by atoms with E-state index in [0.717, 1.165) is 37.8 Å². The molecule has 0 saturated heterocycles. The zero-order valence-corrected chi connectivity index (χ0v) is 12.3. The minimum Gasteiger partial charge on any atom is -0.373 e. The summed E-state index contributed by atoms with van der Waals surface area (Å²) in [7, 11) is 0. The molecule has 2 heterocycles. The van der Waals surface area contributed by atoms with Gasteiger partial charge >= 0.3 is 0 Å². The molecule has 0 spiro atoms. The van der Waals surface area contributed by atoms with Gasteiger partial charge in [0.15, 0.2) is 5.82 Å². The van der Waals surface area contributed by atoms with Crippen molar-refractivity contribution in [2.75, 3.05) is 13.2 Å². The minimum atomic E-state index is 0.598. The summed E-state index contributed by atoms with van der Waals surface area (Å²) in [5.74, 6) is 3.42. The number of aryl methyl sites for hydroxylation is 1. The van der Waals surface area contributed by atoms with Gasteiger partial charge in [0, 0.05) is 13.0 Å². The molecule has 2 aliphatic rings. The highest BCUT2D eigenvalue weighted by Gasteiger charge is 2.24. The minimum absolute atomic E-state index is 0.598. The third-order valence-electron chi connectivity index (χ3n) is 4.87. The van der Waals surface area contributed by atoms with Crippen LogP contribution in [-0.4, -0.2) is 27.9 Å². The maximum Gasteiger partial charge on any atom is 0.159 e. The van der Waals surface area contributed by atoms with Gasteiger partial charge in [-0.1, -0.05) is 12.8 Å². The maximum atomic E-state index is 5.94. The number of nitrogens with two attached hydrogens (primary N) is 1. The Balaban J connectivity index is 1.51. The van der Waals surface area contributed by atoms with Gasteiger partial charge < -0.3 is 15.0 Å². The van der Waals surface area contributed by atoms with E-state index in [1.807, 2.05) is 0 Å². The fraction of sp³-hybridized carbons (Fsp3) is 0.867. The van der Waals surface area contributed by atoms with E-state index in [4.69, 9.17) is 10.5 Å². The Morgan fingerprint density at radius 2 is 1.95 bits per heavy atom. The molecule has 20 heavy (non-hydrogen) atoms. The normalized spacial score (nSPS) is 26.4. The molecule has 0 aromatic carbocycles. The first-order valence-corrected chi connectivity index (χ1v) is 8.07. The van der Waals surface area contributed by atoms with Crippen molar-refractivity contribution in [2.24, 2.45) is 17.6 Å². The molecule has 0 radical (unpaired) electrons. The predicted octanol–water partition coefficient (Wildman–Crippen LogP) is 1.90. The molecule has 1 aliphatic carbocycles. The van der Waals surface area contributed by atoms with E-state index < -0.39 is 0 Å². The molecule has 5 nitrogen and oxygen atoms in total. The first kappa shape index (κ1) is 14.0. The van der Waals surface area contributed by atoms with E-state index in [9.17, 15) is 0 Å². The molecule has 2 N–H and O–H groups in total. The molecule has 112 valence electrons. The lowest BCUT2D eigenvalue weighted by atomic mass is 9.80. The van der Waals surface area contributed by atoms with Crippen molar-refractivity contribution in [1.29, 1.82) is 0 Å². The molecule has 3 rings (SSSR count). The van der Waals surface area contributed by atoms with Crippen LogP contribution in [0.3, 0.4) is 0 Å². The van der Waals surface area contributed by atoms with Crippen LogP contribution in [0.25, 0.3) is 0 Å². The second kappa shape index (κ2) is 6.68. The second-order valence-electron chi connectivity index (χ2n) is 6.20. The van der Waals surface area contributed by atoms with Gasteiger partial charge in [-0.3, -0.25) is 0 Å². The Hall–Kier alpha value is -0.940. The first-order chi connectivity index (χ1) is 9.88. The number of fused-ring (bicyclic) bond motifs is 1. The van der Waals surface area contributed by atoms with Crippen LogP contribution in [0.15, 0.2) is 0 Å².